The van der Waals surface area contributed by atoms with Crippen molar-refractivity contribution in [3.8, 4) is 11.5 Å². The Labute approximate surface area is 118 Å². The summed E-state index contributed by atoms with van der Waals surface area (Å²) in [5.74, 6) is 1.47. The summed E-state index contributed by atoms with van der Waals surface area (Å²) in [6.07, 6.45) is 1.46. The zero-order valence-electron chi connectivity index (χ0n) is 11.6. The monoisotopic (exact) mass is 277 g/mol. The fourth-order valence-corrected chi connectivity index (χ4v) is 2.50. The van der Waals surface area contributed by atoms with E-state index in [1.54, 1.807) is 0 Å². The maximum Gasteiger partial charge on any atom is 0.249 e. The van der Waals surface area contributed by atoms with Crippen LogP contribution in [0.3, 0.4) is 0 Å². The van der Waals surface area contributed by atoms with Crippen molar-refractivity contribution in [2.75, 3.05) is 19.8 Å². The van der Waals surface area contributed by atoms with Crippen LogP contribution in [0.1, 0.15) is 31.4 Å². The lowest BCUT2D eigenvalue weighted by atomic mass is 10.1. The van der Waals surface area contributed by atoms with Gasteiger partial charge in [-0.1, -0.05) is 6.07 Å². The zero-order chi connectivity index (χ0) is 13.9. The molecule has 0 radical (unpaired) electrons. The Morgan fingerprint density at radius 3 is 2.80 bits per heavy atom. The summed E-state index contributed by atoms with van der Waals surface area (Å²) in [5, 5.41) is 2.98. The summed E-state index contributed by atoms with van der Waals surface area (Å²) in [5.41, 5.74) is 1.00. The highest BCUT2D eigenvalue weighted by Crippen LogP contribution is 2.32. The van der Waals surface area contributed by atoms with Gasteiger partial charge in [0.1, 0.15) is 19.3 Å². The average molecular weight is 277 g/mol. The van der Waals surface area contributed by atoms with E-state index in [0.717, 1.165) is 29.9 Å². The first kappa shape index (κ1) is 13.2. The van der Waals surface area contributed by atoms with Gasteiger partial charge in [-0.05, 0) is 37.5 Å². The minimum atomic E-state index is -0.297. The maximum atomic E-state index is 12.0. The molecule has 3 rings (SSSR count). The summed E-state index contributed by atoms with van der Waals surface area (Å²) in [6.45, 7) is 3.78. The van der Waals surface area contributed by atoms with Gasteiger partial charge in [-0.3, -0.25) is 4.79 Å². The molecule has 1 amide bonds. The molecule has 0 aromatic heterocycles. The van der Waals surface area contributed by atoms with Gasteiger partial charge < -0.3 is 19.5 Å². The molecule has 0 spiro atoms. The summed E-state index contributed by atoms with van der Waals surface area (Å²) in [4.78, 5) is 12.0. The fourth-order valence-electron chi connectivity index (χ4n) is 2.50. The number of rotatable bonds is 3. The quantitative estimate of drug-likeness (QED) is 0.915. The molecular weight excluding hydrogens is 258 g/mol. The van der Waals surface area contributed by atoms with Crippen LogP contribution in [0.15, 0.2) is 18.2 Å². The number of carbonyl (C=O) groups is 1. The predicted molar refractivity (Wildman–Crippen MR) is 73.0 cm³/mol. The zero-order valence-corrected chi connectivity index (χ0v) is 11.6. The number of hydrogen-bond acceptors (Lipinski definition) is 4. The number of hydrogen-bond donors (Lipinski definition) is 1. The van der Waals surface area contributed by atoms with Crippen molar-refractivity contribution in [3.63, 3.8) is 0 Å². The fraction of sp³-hybridized carbons (Fsp3) is 0.533. The molecule has 1 aromatic rings. The smallest absolute Gasteiger partial charge is 0.249 e. The highest BCUT2D eigenvalue weighted by molar-refractivity contribution is 5.81. The lowest BCUT2D eigenvalue weighted by Gasteiger charge is -2.21. The number of amides is 1. The summed E-state index contributed by atoms with van der Waals surface area (Å²) in [7, 11) is 0. The minimum Gasteiger partial charge on any atom is -0.486 e. The molecule has 2 aliphatic rings. The van der Waals surface area contributed by atoms with Gasteiger partial charge in [0, 0.05) is 6.61 Å². The summed E-state index contributed by atoms with van der Waals surface area (Å²) in [6, 6.07) is 5.68. The first-order valence-corrected chi connectivity index (χ1v) is 7.05. The lowest BCUT2D eigenvalue weighted by Crippen LogP contribution is -2.35. The average Bonchev–Trinajstić information content (AvgIpc) is 3.01. The maximum absolute atomic E-state index is 12.0. The molecule has 1 fully saturated rings. The van der Waals surface area contributed by atoms with E-state index in [4.69, 9.17) is 14.2 Å². The predicted octanol–water partition coefficient (Wildman–Crippen LogP) is 1.81. The van der Waals surface area contributed by atoms with Gasteiger partial charge in [-0.25, -0.2) is 0 Å². The largest absolute Gasteiger partial charge is 0.486 e. The Kier molecular flexibility index (Phi) is 3.78. The van der Waals surface area contributed by atoms with Crippen LogP contribution in [0, 0.1) is 0 Å². The van der Waals surface area contributed by atoms with E-state index < -0.39 is 0 Å². The molecule has 0 unspecified atom stereocenters. The van der Waals surface area contributed by atoms with Crippen LogP contribution in [0.4, 0.5) is 0 Å². The molecule has 108 valence electrons. The van der Waals surface area contributed by atoms with E-state index >= 15 is 0 Å². The Morgan fingerprint density at radius 2 is 2.05 bits per heavy atom. The van der Waals surface area contributed by atoms with Crippen molar-refractivity contribution in [2.24, 2.45) is 0 Å². The third-order valence-corrected chi connectivity index (χ3v) is 3.65. The molecule has 2 heterocycles. The van der Waals surface area contributed by atoms with Gasteiger partial charge in [-0.2, -0.15) is 0 Å². The highest BCUT2D eigenvalue weighted by atomic mass is 16.6. The second kappa shape index (κ2) is 5.71. The van der Waals surface area contributed by atoms with E-state index in [-0.39, 0.29) is 18.1 Å². The van der Waals surface area contributed by atoms with E-state index in [2.05, 4.69) is 5.32 Å². The van der Waals surface area contributed by atoms with Crippen molar-refractivity contribution in [1.82, 2.24) is 5.32 Å². The third-order valence-electron chi connectivity index (χ3n) is 3.65. The minimum absolute atomic E-state index is 0.0371. The van der Waals surface area contributed by atoms with Crippen molar-refractivity contribution in [2.45, 2.75) is 31.9 Å². The number of nitrogens with one attached hydrogen (secondary N) is 1. The molecule has 5 nitrogen and oxygen atoms in total. The Bertz CT molecular complexity index is 497. The van der Waals surface area contributed by atoms with Crippen LogP contribution in [0.5, 0.6) is 11.5 Å². The van der Waals surface area contributed by atoms with E-state index in [1.807, 2.05) is 25.1 Å². The number of carbonyl (C=O) groups excluding carboxylic acids is 1. The first-order valence-electron chi connectivity index (χ1n) is 7.05. The molecule has 0 saturated carbocycles. The molecule has 0 aliphatic carbocycles. The molecule has 20 heavy (non-hydrogen) atoms. The first-order chi connectivity index (χ1) is 9.74. The number of benzene rings is 1. The van der Waals surface area contributed by atoms with Crippen LogP contribution >= 0.6 is 0 Å². The standard InChI is InChI=1S/C15H19NO4/c1-10(16-15(17)13-3-2-6-18-13)11-4-5-12-14(9-11)20-8-7-19-12/h4-5,9-10,13H,2-3,6-8H2,1H3,(H,16,17)/t10-,13+/m0/s1. The van der Waals surface area contributed by atoms with Crippen molar-refractivity contribution >= 4 is 5.91 Å². The van der Waals surface area contributed by atoms with E-state index in [9.17, 15) is 4.79 Å². The summed E-state index contributed by atoms with van der Waals surface area (Å²) < 4.78 is 16.4. The van der Waals surface area contributed by atoms with Crippen molar-refractivity contribution < 1.29 is 19.0 Å². The normalized spacial score (nSPS) is 22.4. The molecule has 5 heteroatoms. The van der Waals surface area contributed by atoms with Crippen LogP contribution < -0.4 is 14.8 Å². The van der Waals surface area contributed by atoms with Gasteiger partial charge in [0.05, 0.1) is 6.04 Å². The molecule has 1 N–H and O–H groups in total. The summed E-state index contributed by atoms with van der Waals surface area (Å²) >= 11 is 0. The second-order valence-corrected chi connectivity index (χ2v) is 5.14. The molecular formula is C15H19NO4. The van der Waals surface area contributed by atoms with Crippen LogP contribution in [-0.4, -0.2) is 31.8 Å². The Hall–Kier alpha value is -1.75. The van der Waals surface area contributed by atoms with Gasteiger partial charge in [-0.15, -0.1) is 0 Å². The van der Waals surface area contributed by atoms with E-state index in [0.29, 0.717) is 19.8 Å². The van der Waals surface area contributed by atoms with Gasteiger partial charge in [0.15, 0.2) is 11.5 Å². The van der Waals surface area contributed by atoms with Gasteiger partial charge in [0.2, 0.25) is 5.91 Å². The van der Waals surface area contributed by atoms with Crippen molar-refractivity contribution in [3.05, 3.63) is 23.8 Å². The van der Waals surface area contributed by atoms with Gasteiger partial charge in [0.25, 0.3) is 0 Å². The molecule has 0 bridgehead atoms. The van der Waals surface area contributed by atoms with E-state index in [1.165, 1.54) is 0 Å². The van der Waals surface area contributed by atoms with Gasteiger partial charge >= 0.3 is 0 Å². The Balaban J connectivity index is 1.67. The SMILES string of the molecule is C[C@H](NC(=O)[C@H]1CCCO1)c1ccc2c(c1)OCCO2. The molecule has 1 saturated heterocycles. The second-order valence-electron chi connectivity index (χ2n) is 5.14. The lowest BCUT2D eigenvalue weighted by molar-refractivity contribution is -0.130. The van der Waals surface area contributed by atoms with Crippen molar-refractivity contribution in [1.29, 1.82) is 0 Å². The highest BCUT2D eigenvalue weighted by Gasteiger charge is 2.25. The van der Waals surface area contributed by atoms with Crippen LogP contribution in [0.2, 0.25) is 0 Å². The third kappa shape index (κ3) is 2.72. The number of fused-ring (bicyclic) bond motifs is 1. The van der Waals surface area contributed by atoms with Crippen LogP contribution in [0.25, 0.3) is 0 Å². The molecule has 2 aliphatic heterocycles. The molecule has 1 aromatic carbocycles. The molecule has 2 atom stereocenters. The Morgan fingerprint density at radius 1 is 1.25 bits per heavy atom. The number of ether oxygens (including phenoxy) is 3. The van der Waals surface area contributed by atoms with Crippen LogP contribution in [-0.2, 0) is 9.53 Å². The topological polar surface area (TPSA) is 56.8 Å².